The molecule has 2 heterocycles. The number of hydrogen-bond donors (Lipinski definition) is 2. The Bertz CT molecular complexity index is 1240. The van der Waals surface area contributed by atoms with Gasteiger partial charge in [-0.25, -0.2) is 0 Å². The molecule has 0 bridgehead atoms. The molecule has 0 spiro atoms. The van der Waals surface area contributed by atoms with Gasteiger partial charge in [0.25, 0.3) is 5.91 Å². The summed E-state index contributed by atoms with van der Waals surface area (Å²) in [5.74, 6) is 0.139. The second kappa shape index (κ2) is 7.83. The van der Waals surface area contributed by atoms with Crippen molar-refractivity contribution in [3.63, 3.8) is 0 Å². The van der Waals surface area contributed by atoms with E-state index in [9.17, 15) is 18.0 Å². The molecule has 1 amide bonds. The highest BCUT2D eigenvalue weighted by molar-refractivity contribution is 6.10. The Morgan fingerprint density at radius 2 is 1.74 bits per heavy atom. The molecule has 31 heavy (non-hydrogen) atoms. The number of fused-ring (bicyclic) bond motifs is 2. The first-order valence-corrected chi connectivity index (χ1v) is 9.58. The number of nitrogens with one attached hydrogen (secondary N) is 1. The van der Waals surface area contributed by atoms with Crippen LogP contribution in [0.5, 0.6) is 5.75 Å². The molecule has 2 N–H and O–H groups in total. The molecule has 0 fully saturated rings. The maximum atomic E-state index is 12.6. The minimum absolute atomic E-state index is 0.173. The lowest BCUT2D eigenvalue weighted by atomic mass is 10.1. The van der Waals surface area contributed by atoms with Gasteiger partial charge < -0.3 is 15.0 Å². The Kier molecular flexibility index (Phi) is 5.19. The van der Waals surface area contributed by atoms with Crippen molar-refractivity contribution in [2.45, 2.75) is 19.6 Å². The van der Waals surface area contributed by atoms with Crippen molar-refractivity contribution >= 4 is 22.5 Å². The second-order valence-electron chi connectivity index (χ2n) is 7.29. The maximum absolute atomic E-state index is 12.6. The summed E-state index contributed by atoms with van der Waals surface area (Å²) in [4.78, 5) is 16.9. The number of amides is 1. The highest BCUT2D eigenvalue weighted by atomic mass is 19.4. The summed E-state index contributed by atoms with van der Waals surface area (Å²) >= 11 is 0. The number of rotatable bonds is 1. The molecule has 4 nitrogen and oxygen atoms in total. The molecule has 0 saturated carbocycles. The predicted molar refractivity (Wildman–Crippen MR) is 113 cm³/mol. The van der Waals surface area contributed by atoms with E-state index < -0.39 is 11.7 Å². The fourth-order valence-corrected chi connectivity index (χ4v) is 3.57. The summed E-state index contributed by atoms with van der Waals surface area (Å²) in [6.07, 6.45) is -2.52. The van der Waals surface area contributed by atoms with Gasteiger partial charge in [0.15, 0.2) is 0 Å². The number of halogens is 3. The first kappa shape index (κ1) is 20.5. The molecule has 1 aliphatic rings. The van der Waals surface area contributed by atoms with Crippen molar-refractivity contribution in [3.05, 3.63) is 95.2 Å². The van der Waals surface area contributed by atoms with E-state index >= 15 is 0 Å². The van der Waals surface area contributed by atoms with Gasteiger partial charge in [-0.15, -0.1) is 0 Å². The van der Waals surface area contributed by atoms with E-state index in [2.05, 4.69) is 4.98 Å². The molecule has 0 aliphatic carbocycles. The second-order valence-corrected chi connectivity index (χ2v) is 7.29. The van der Waals surface area contributed by atoms with Crippen molar-refractivity contribution < 1.29 is 23.1 Å². The fraction of sp³-hybridized carbons (Fsp3) is 0.125. The number of aromatic amines is 1. The third kappa shape index (κ3) is 4.12. The maximum Gasteiger partial charge on any atom is 0.416 e. The van der Waals surface area contributed by atoms with Crippen LogP contribution in [0.4, 0.5) is 18.9 Å². The van der Waals surface area contributed by atoms with Gasteiger partial charge in [0, 0.05) is 28.4 Å². The minimum atomic E-state index is -4.37. The van der Waals surface area contributed by atoms with Gasteiger partial charge in [0.2, 0.25) is 0 Å². The Morgan fingerprint density at radius 3 is 2.42 bits per heavy atom. The SMILES string of the molecule is Cc1cccc2c1CN(c1ccc(C(F)(F)F)cc1)C2=O.Oc1ccc2[nH]ccc2c1. The molecule has 4 aromatic rings. The molecule has 3 aromatic carbocycles. The molecule has 158 valence electrons. The number of phenols is 1. The number of carbonyl (C=O) groups excluding carboxylic acids is 1. The Hall–Kier alpha value is -3.74. The summed E-state index contributed by atoms with van der Waals surface area (Å²) in [5, 5.41) is 10.1. The molecular weight excluding hydrogens is 405 g/mol. The zero-order valence-electron chi connectivity index (χ0n) is 16.6. The van der Waals surface area contributed by atoms with E-state index in [-0.39, 0.29) is 5.91 Å². The van der Waals surface area contributed by atoms with E-state index in [4.69, 9.17) is 5.11 Å². The number of phenolic OH excluding ortho intramolecular Hbond substituents is 1. The van der Waals surface area contributed by atoms with Crippen LogP contribution >= 0.6 is 0 Å². The van der Waals surface area contributed by atoms with Gasteiger partial charge >= 0.3 is 6.18 Å². The number of aryl methyl sites for hydroxylation is 1. The smallest absolute Gasteiger partial charge is 0.416 e. The zero-order valence-corrected chi connectivity index (χ0v) is 16.6. The average Bonchev–Trinajstić information content (AvgIpc) is 3.33. The lowest BCUT2D eigenvalue weighted by Crippen LogP contribution is -2.23. The largest absolute Gasteiger partial charge is 0.508 e. The zero-order chi connectivity index (χ0) is 22.2. The number of nitrogens with zero attached hydrogens (tertiary/aromatic N) is 1. The Labute approximate surface area is 176 Å². The van der Waals surface area contributed by atoms with Crippen molar-refractivity contribution in [2.75, 3.05) is 4.90 Å². The van der Waals surface area contributed by atoms with Crippen molar-refractivity contribution in [3.8, 4) is 5.75 Å². The average molecular weight is 424 g/mol. The molecule has 0 atom stereocenters. The third-order valence-corrected chi connectivity index (χ3v) is 5.25. The van der Waals surface area contributed by atoms with Gasteiger partial charge in [-0.2, -0.15) is 13.2 Å². The van der Waals surface area contributed by atoms with Gasteiger partial charge in [-0.3, -0.25) is 4.79 Å². The van der Waals surface area contributed by atoms with E-state index in [1.54, 1.807) is 18.2 Å². The number of aromatic hydroxyl groups is 1. The van der Waals surface area contributed by atoms with E-state index in [1.807, 2.05) is 37.4 Å². The van der Waals surface area contributed by atoms with Crippen molar-refractivity contribution in [1.29, 1.82) is 0 Å². The first-order valence-electron chi connectivity index (χ1n) is 9.58. The van der Waals surface area contributed by atoms with Crippen LogP contribution in [0, 0.1) is 6.92 Å². The lowest BCUT2D eigenvalue weighted by molar-refractivity contribution is -0.137. The summed E-state index contributed by atoms with van der Waals surface area (Å²) in [6.45, 7) is 2.31. The minimum Gasteiger partial charge on any atom is -0.508 e. The summed E-state index contributed by atoms with van der Waals surface area (Å²) < 4.78 is 37.7. The molecule has 0 radical (unpaired) electrons. The van der Waals surface area contributed by atoms with Crippen LogP contribution < -0.4 is 4.90 Å². The van der Waals surface area contributed by atoms with E-state index in [0.717, 1.165) is 34.2 Å². The van der Waals surface area contributed by atoms with Gasteiger partial charge in [-0.05, 0) is 72.6 Å². The summed E-state index contributed by atoms with van der Waals surface area (Å²) in [6, 6.07) is 17.3. The third-order valence-electron chi connectivity index (χ3n) is 5.25. The number of anilines is 1. The topological polar surface area (TPSA) is 56.3 Å². The normalized spacial score (nSPS) is 13.2. The predicted octanol–water partition coefficient (Wildman–Crippen LogP) is 6.05. The van der Waals surface area contributed by atoms with Crippen LogP contribution in [0.1, 0.15) is 27.0 Å². The molecule has 5 rings (SSSR count). The number of hydrogen-bond acceptors (Lipinski definition) is 2. The lowest BCUT2D eigenvalue weighted by Gasteiger charge is -2.16. The highest BCUT2D eigenvalue weighted by Crippen LogP contribution is 2.33. The van der Waals surface area contributed by atoms with Crippen molar-refractivity contribution in [1.82, 2.24) is 4.98 Å². The van der Waals surface area contributed by atoms with Crippen LogP contribution in [0.15, 0.2) is 72.9 Å². The number of benzene rings is 3. The highest BCUT2D eigenvalue weighted by Gasteiger charge is 2.32. The van der Waals surface area contributed by atoms with Gasteiger partial charge in [0.05, 0.1) is 12.1 Å². The van der Waals surface area contributed by atoms with Crippen LogP contribution in [0.2, 0.25) is 0 Å². The Morgan fingerprint density at radius 1 is 1.00 bits per heavy atom. The first-order chi connectivity index (χ1) is 14.7. The van der Waals surface area contributed by atoms with Gasteiger partial charge in [0.1, 0.15) is 5.75 Å². The fourth-order valence-electron chi connectivity index (χ4n) is 3.57. The standard InChI is InChI=1S/C16H12F3NO.C8H7NO/c1-10-3-2-4-13-14(10)9-20(15(13)21)12-7-5-11(6-8-12)16(17,18)19;10-7-1-2-8-6(5-7)3-4-9-8/h2-8H,9H2,1H3;1-5,9-10H. The van der Waals surface area contributed by atoms with Crippen LogP contribution in [0.25, 0.3) is 10.9 Å². The van der Waals surface area contributed by atoms with Gasteiger partial charge in [-0.1, -0.05) is 12.1 Å². The number of aromatic nitrogens is 1. The van der Waals surface area contributed by atoms with E-state index in [1.165, 1.54) is 17.0 Å². The Balaban J connectivity index is 0.000000192. The molecule has 0 saturated heterocycles. The molecular formula is C24H19F3N2O2. The molecule has 1 aromatic heterocycles. The van der Waals surface area contributed by atoms with Crippen LogP contribution in [-0.4, -0.2) is 16.0 Å². The molecule has 7 heteroatoms. The molecule has 0 unspecified atom stereocenters. The van der Waals surface area contributed by atoms with Crippen LogP contribution in [0.3, 0.4) is 0 Å². The number of alkyl halides is 3. The monoisotopic (exact) mass is 424 g/mol. The number of carbonyl (C=O) groups is 1. The van der Waals surface area contributed by atoms with E-state index in [0.29, 0.717) is 23.5 Å². The van der Waals surface area contributed by atoms with Crippen LogP contribution in [-0.2, 0) is 12.7 Å². The summed E-state index contributed by atoms with van der Waals surface area (Å²) in [7, 11) is 0. The quantitative estimate of drug-likeness (QED) is 0.391. The molecule has 1 aliphatic heterocycles. The summed E-state index contributed by atoms with van der Waals surface area (Å²) in [5.41, 5.74) is 3.38. The van der Waals surface area contributed by atoms with Crippen molar-refractivity contribution in [2.24, 2.45) is 0 Å². The number of H-pyrrole nitrogens is 1.